The highest BCUT2D eigenvalue weighted by Crippen LogP contribution is 2.31. The molecule has 0 spiro atoms. The lowest BCUT2D eigenvalue weighted by Crippen LogP contribution is -2.31. The van der Waals surface area contributed by atoms with E-state index in [1.807, 2.05) is 47.3 Å². The molecule has 0 fully saturated rings. The van der Waals surface area contributed by atoms with Gasteiger partial charge in [-0.25, -0.2) is 0 Å². The summed E-state index contributed by atoms with van der Waals surface area (Å²) in [4.78, 5) is 24.9. The number of carbonyl (C=O) groups excluding carboxylic acids is 2. The fourth-order valence-corrected chi connectivity index (χ4v) is 4.62. The Morgan fingerprint density at radius 1 is 1.13 bits per heavy atom. The molecule has 1 atom stereocenters. The molecule has 30 heavy (non-hydrogen) atoms. The number of primary amides is 1. The number of amides is 2. The van der Waals surface area contributed by atoms with Gasteiger partial charge in [0.25, 0.3) is 5.91 Å². The molecule has 0 bridgehead atoms. The highest BCUT2D eigenvalue weighted by molar-refractivity contribution is 8.00. The second-order valence-corrected chi connectivity index (χ2v) is 8.38. The molecular formula is C23H24N4O2S. The molecule has 4 rings (SSSR count). The van der Waals surface area contributed by atoms with Gasteiger partial charge in [-0.1, -0.05) is 42.5 Å². The van der Waals surface area contributed by atoms with E-state index in [0.717, 1.165) is 36.3 Å². The van der Waals surface area contributed by atoms with Crippen LogP contribution in [0.3, 0.4) is 0 Å². The van der Waals surface area contributed by atoms with E-state index in [2.05, 4.69) is 22.5 Å². The second kappa shape index (κ2) is 9.17. The molecule has 0 radical (unpaired) electrons. The van der Waals surface area contributed by atoms with Crippen LogP contribution in [0, 0.1) is 0 Å². The van der Waals surface area contributed by atoms with Gasteiger partial charge in [-0.3, -0.25) is 14.3 Å². The van der Waals surface area contributed by atoms with Gasteiger partial charge in [0.05, 0.1) is 30.1 Å². The average molecular weight is 421 g/mol. The number of nitrogens with zero attached hydrogens (tertiary/aromatic N) is 2. The summed E-state index contributed by atoms with van der Waals surface area (Å²) >= 11 is 1.28. The van der Waals surface area contributed by atoms with Crippen LogP contribution in [-0.4, -0.2) is 27.3 Å². The first-order valence-corrected chi connectivity index (χ1v) is 11.0. The standard InChI is InChI=1S/C23H24N4O2S/c24-22(28)15-30-21-12-5-4-9-17(21)23(29)26-19-10-6-11-20-18(19)13-25-27(20)14-16-7-2-1-3-8-16/h1-5,7-9,12-13,19H,6,10-11,14-15H2,(H2,24,28)(H,26,29). The van der Waals surface area contributed by atoms with Gasteiger partial charge < -0.3 is 11.1 Å². The van der Waals surface area contributed by atoms with Gasteiger partial charge >= 0.3 is 0 Å². The van der Waals surface area contributed by atoms with Crippen molar-refractivity contribution in [2.75, 3.05) is 5.75 Å². The molecular weight excluding hydrogens is 396 g/mol. The molecule has 3 N–H and O–H groups in total. The molecule has 1 unspecified atom stereocenters. The van der Waals surface area contributed by atoms with Crippen molar-refractivity contribution in [3.05, 3.63) is 83.2 Å². The van der Waals surface area contributed by atoms with Crippen molar-refractivity contribution in [1.29, 1.82) is 0 Å². The molecule has 1 heterocycles. The Morgan fingerprint density at radius 2 is 1.90 bits per heavy atom. The number of nitrogens with two attached hydrogens (primary N) is 1. The van der Waals surface area contributed by atoms with Crippen molar-refractivity contribution in [1.82, 2.24) is 15.1 Å². The maximum atomic E-state index is 13.0. The monoisotopic (exact) mass is 420 g/mol. The van der Waals surface area contributed by atoms with Crippen LogP contribution >= 0.6 is 11.8 Å². The number of fused-ring (bicyclic) bond motifs is 1. The molecule has 154 valence electrons. The van der Waals surface area contributed by atoms with Crippen molar-refractivity contribution in [2.45, 2.75) is 36.7 Å². The third-order valence-electron chi connectivity index (χ3n) is 5.24. The second-order valence-electron chi connectivity index (χ2n) is 7.36. The lowest BCUT2D eigenvalue weighted by atomic mass is 9.92. The maximum Gasteiger partial charge on any atom is 0.252 e. The summed E-state index contributed by atoms with van der Waals surface area (Å²) < 4.78 is 2.04. The fourth-order valence-electron chi connectivity index (χ4n) is 3.83. The molecule has 0 saturated heterocycles. The Kier molecular flexibility index (Phi) is 6.18. The molecule has 6 nitrogen and oxygen atoms in total. The molecule has 7 heteroatoms. The van der Waals surface area contributed by atoms with E-state index in [1.165, 1.54) is 23.0 Å². The summed E-state index contributed by atoms with van der Waals surface area (Å²) in [7, 11) is 0. The van der Waals surface area contributed by atoms with Crippen molar-refractivity contribution in [3.63, 3.8) is 0 Å². The molecule has 0 saturated carbocycles. The van der Waals surface area contributed by atoms with Gasteiger partial charge in [0.2, 0.25) is 5.91 Å². The van der Waals surface area contributed by atoms with E-state index in [1.54, 1.807) is 6.07 Å². The van der Waals surface area contributed by atoms with E-state index in [4.69, 9.17) is 5.73 Å². The Morgan fingerprint density at radius 3 is 2.70 bits per heavy atom. The van der Waals surface area contributed by atoms with Crippen molar-refractivity contribution >= 4 is 23.6 Å². The molecule has 1 aliphatic rings. The van der Waals surface area contributed by atoms with Gasteiger partial charge in [0, 0.05) is 16.2 Å². The molecule has 0 aliphatic heterocycles. The minimum atomic E-state index is -0.405. The lowest BCUT2D eigenvalue weighted by Gasteiger charge is -2.24. The number of nitrogens with one attached hydrogen (secondary N) is 1. The van der Waals surface area contributed by atoms with E-state index in [-0.39, 0.29) is 17.7 Å². The first kappa shape index (κ1) is 20.2. The first-order chi connectivity index (χ1) is 14.6. The van der Waals surface area contributed by atoms with E-state index < -0.39 is 5.91 Å². The summed E-state index contributed by atoms with van der Waals surface area (Å²) in [5.41, 5.74) is 9.30. The number of hydrogen-bond acceptors (Lipinski definition) is 4. The summed E-state index contributed by atoms with van der Waals surface area (Å²) in [5.74, 6) is -0.404. The number of aromatic nitrogens is 2. The zero-order valence-corrected chi connectivity index (χ0v) is 17.4. The van der Waals surface area contributed by atoms with Crippen LogP contribution in [0.5, 0.6) is 0 Å². The van der Waals surface area contributed by atoms with Crippen LogP contribution in [0.25, 0.3) is 0 Å². The zero-order chi connectivity index (χ0) is 20.9. The molecule has 1 aliphatic carbocycles. The van der Waals surface area contributed by atoms with Crippen LogP contribution in [0.4, 0.5) is 0 Å². The zero-order valence-electron chi connectivity index (χ0n) is 16.6. The maximum absolute atomic E-state index is 13.0. The van der Waals surface area contributed by atoms with Crippen LogP contribution in [0.2, 0.25) is 0 Å². The topological polar surface area (TPSA) is 90.0 Å². The predicted molar refractivity (Wildman–Crippen MR) is 117 cm³/mol. The predicted octanol–water partition coefficient (Wildman–Crippen LogP) is 3.32. The summed E-state index contributed by atoms with van der Waals surface area (Å²) in [6, 6.07) is 17.5. The SMILES string of the molecule is NC(=O)CSc1ccccc1C(=O)NC1CCCc2c1cnn2Cc1ccccc1. The van der Waals surface area contributed by atoms with Gasteiger partial charge in [0.1, 0.15) is 0 Å². The number of carbonyl (C=O) groups is 2. The van der Waals surface area contributed by atoms with Crippen LogP contribution in [0.1, 0.15) is 46.1 Å². The van der Waals surface area contributed by atoms with Crippen molar-refractivity contribution in [2.24, 2.45) is 5.73 Å². The third kappa shape index (κ3) is 4.57. The van der Waals surface area contributed by atoms with E-state index >= 15 is 0 Å². The molecule has 1 aromatic heterocycles. The number of benzene rings is 2. The normalized spacial score (nSPS) is 15.4. The Balaban J connectivity index is 1.51. The Labute approximate surface area is 179 Å². The summed E-state index contributed by atoms with van der Waals surface area (Å²) in [6.07, 6.45) is 4.72. The molecule has 2 amide bonds. The summed E-state index contributed by atoms with van der Waals surface area (Å²) in [6.45, 7) is 0.726. The van der Waals surface area contributed by atoms with E-state index in [9.17, 15) is 9.59 Å². The van der Waals surface area contributed by atoms with Crippen molar-refractivity contribution < 1.29 is 9.59 Å². The largest absolute Gasteiger partial charge is 0.369 e. The molecule has 3 aromatic rings. The molecule has 2 aromatic carbocycles. The van der Waals surface area contributed by atoms with Crippen LogP contribution in [0.15, 0.2) is 65.7 Å². The highest BCUT2D eigenvalue weighted by atomic mass is 32.2. The highest BCUT2D eigenvalue weighted by Gasteiger charge is 2.26. The number of rotatable bonds is 7. The van der Waals surface area contributed by atoms with Crippen molar-refractivity contribution in [3.8, 4) is 0 Å². The van der Waals surface area contributed by atoms with Crippen LogP contribution in [-0.2, 0) is 17.8 Å². The smallest absolute Gasteiger partial charge is 0.252 e. The summed E-state index contributed by atoms with van der Waals surface area (Å²) in [5, 5.41) is 7.77. The minimum absolute atomic E-state index is 0.0695. The van der Waals surface area contributed by atoms with E-state index in [0.29, 0.717) is 5.56 Å². The van der Waals surface area contributed by atoms with Gasteiger partial charge in [-0.05, 0) is 37.0 Å². The Hall–Kier alpha value is -3.06. The van der Waals surface area contributed by atoms with Gasteiger partial charge in [-0.2, -0.15) is 5.10 Å². The fraction of sp³-hybridized carbons (Fsp3) is 0.261. The minimum Gasteiger partial charge on any atom is -0.369 e. The van der Waals surface area contributed by atoms with Gasteiger partial charge in [0.15, 0.2) is 0 Å². The first-order valence-electron chi connectivity index (χ1n) is 10.0. The lowest BCUT2D eigenvalue weighted by molar-refractivity contribution is -0.115. The average Bonchev–Trinajstić information content (AvgIpc) is 3.17. The number of hydrogen-bond donors (Lipinski definition) is 2. The Bertz CT molecular complexity index is 1050. The third-order valence-corrected chi connectivity index (χ3v) is 6.34. The quantitative estimate of drug-likeness (QED) is 0.574. The van der Waals surface area contributed by atoms with Gasteiger partial charge in [-0.15, -0.1) is 11.8 Å². The van der Waals surface area contributed by atoms with Crippen LogP contribution < -0.4 is 11.1 Å². The number of thioether (sulfide) groups is 1.